The normalized spacial score (nSPS) is 10.2. The molecule has 0 spiro atoms. The lowest BCUT2D eigenvalue weighted by molar-refractivity contribution is 0.224. The van der Waals surface area contributed by atoms with Crippen molar-refractivity contribution in [1.29, 1.82) is 0 Å². The van der Waals surface area contributed by atoms with Crippen molar-refractivity contribution in [2.45, 2.75) is 0 Å². The smallest absolute Gasteiger partial charge is 0.147 e. The Morgan fingerprint density at radius 3 is 2.54 bits per heavy atom. The topological polar surface area (TPSA) is 21.3 Å². The van der Waals surface area contributed by atoms with Crippen molar-refractivity contribution in [3.8, 4) is 5.75 Å². The second-order valence-corrected chi connectivity index (χ2v) is 2.82. The molecular weight excluding hydrogens is 162 g/mol. The molecule has 2 aromatic carbocycles. The molecule has 2 nitrogen and oxygen atoms in total. The van der Waals surface area contributed by atoms with Crippen molar-refractivity contribution in [1.82, 2.24) is 5.48 Å². The summed E-state index contributed by atoms with van der Waals surface area (Å²) in [6.45, 7) is 0. The minimum atomic E-state index is 0.834. The Labute approximate surface area is 77.1 Å². The Balaban J connectivity index is 2.49. The first kappa shape index (κ1) is 8.08. The van der Waals surface area contributed by atoms with Crippen molar-refractivity contribution in [2.75, 3.05) is 7.05 Å². The molecule has 2 rings (SSSR count). The van der Waals surface area contributed by atoms with Gasteiger partial charge in [0.05, 0.1) is 0 Å². The predicted molar refractivity (Wildman–Crippen MR) is 53.6 cm³/mol. The molecule has 0 radical (unpaired) electrons. The summed E-state index contributed by atoms with van der Waals surface area (Å²) in [7, 11) is 1.75. The van der Waals surface area contributed by atoms with Gasteiger partial charge in [0.25, 0.3) is 0 Å². The van der Waals surface area contributed by atoms with Gasteiger partial charge in [0, 0.05) is 7.05 Å². The molecule has 0 atom stereocenters. The molecule has 0 aliphatic heterocycles. The Morgan fingerprint density at radius 2 is 1.77 bits per heavy atom. The van der Waals surface area contributed by atoms with Crippen LogP contribution < -0.4 is 10.3 Å². The van der Waals surface area contributed by atoms with Gasteiger partial charge in [0.2, 0.25) is 0 Å². The van der Waals surface area contributed by atoms with Crippen molar-refractivity contribution < 1.29 is 4.84 Å². The zero-order valence-corrected chi connectivity index (χ0v) is 7.45. The molecule has 0 aliphatic carbocycles. The summed E-state index contributed by atoms with van der Waals surface area (Å²) in [5.41, 5.74) is 2.65. The molecule has 0 heterocycles. The summed E-state index contributed by atoms with van der Waals surface area (Å²) in [4.78, 5) is 5.16. The van der Waals surface area contributed by atoms with E-state index in [4.69, 9.17) is 4.84 Å². The molecule has 0 saturated carbocycles. The standard InChI is InChI=1S/C11H11NO/c1-12-13-11-7-6-9-4-2-3-5-10(9)8-11/h2-8,12H,1H3. The van der Waals surface area contributed by atoms with Crippen molar-refractivity contribution in [3.63, 3.8) is 0 Å². The molecule has 0 bridgehead atoms. The number of nitrogens with one attached hydrogen (secondary N) is 1. The van der Waals surface area contributed by atoms with Crippen LogP contribution in [-0.2, 0) is 0 Å². The number of hydrogen-bond acceptors (Lipinski definition) is 2. The molecule has 2 aromatic rings. The van der Waals surface area contributed by atoms with E-state index < -0.39 is 0 Å². The Bertz CT molecular complexity index is 412. The highest BCUT2D eigenvalue weighted by atomic mass is 16.6. The van der Waals surface area contributed by atoms with Crippen molar-refractivity contribution in [2.24, 2.45) is 0 Å². The van der Waals surface area contributed by atoms with E-state index in [1.807, 2.05) is 30.3 Å². The first-order valence-electron chi connectivity index (χ1n) is 4.22. The maximum absolute atomic E-state index is 5.16. The summed E-state index contributed by atoms with van der Waals surface area (Å²) in [5.74, 6) is 0.834. The number of fused-ring (bicyclic) bond motifs is 1. The quantitative estimate of drug-likeness (QED) is 0.704. The average Bonchev–Trinajstić information content (AvgIpc) is 2.18. The maximum Gasteiger partial charge on any atom is 0.147 e. The molecule has 0 fully saturated rings. The zero-order chi connectivity index (χ0) is 9.10. The largest absolute Gasteiger partial charge is 0.409 e. The van der Waals surface area contributed by atoms with Crippen LogP contribution in [0.25, 0.3) is 10.8 Å². The van der Waals surface area contributed by atoms with E-state index in [1.165, 1.54) is 10.8 Å². The molecular formula is C11H11NO. The van der Waals surface area contributed by atoms with E-state index >= 15 is 0 Å². The van der Waals surface area contributed by atoms with Gasteiger partial charge in [0.1, 0.15) is 5.75 Å². The molecule has 1 N–H and O–H groups in total. The van der Waals surface area contributed by atoms with Crippen molar-refractivity contribution in [3.05, 3.63) is 42.5 Å². The second kappa shape index (κ2) is 3.46. The van der Waals surface area contributed by atoms with Gasteiger partial charge >= 0.3 is 0 Å². The van der Waals surface area contributed by atoms with E-state index in [0.29, 0.717) is 0 Å². The van der Waals surface area contributed by atoms with E-state index in [-0.39, 0.29) is 0 Å². The van der Waals surface area contributed by atoms with Gasteiger partial charge < -0.3 is 4.84 Å². The lowest BCUT2D eigenvalue weighted by Gasteiger charge is -2.03. The van der Waals surface area contributed by atoms with Gasteiger partial charge in [-0.2, -0.15) is 5.48 Å². The van der Waals surface area contributed by atoms with Crippen molar-refractivity contribution >= 4 is 10.8 Å². The van der Waals surface area contributed by atoms with Crippen LogP contribution in [0.5, 0.6) is 5.75 Å². The number of hydroxylamine groups is 1. The van der Waals surface area contributed by atoms with Gasteiger partial charge in [-0.25, -0.2) is 0 Å². The lowest BCUT2D eigenvalue weighted by Crippen LogP contribution is -2.10. The van der Waals surface area contributed by atoms with Crippen LogP contribution in [0.15, 0.2) is 42.5 Å². The molecule has 0 unspecified atom stereocenters. The average molecular weight is 173 g/mol. The third-order valence-corrected chi connectivity index (χ3v) is 1.94. The molecule has 66 valence electrons. The van der Waals surface area contributed by atoms with Crippen LogP contribution in [0.2, 0.25) is 0 Å². The zero-order valence-electron chi connectivity index (χ0n) is 7.45. The highest BCUT2D eigenvalue weighted by Crippen LogP contribution is 2.19. The summed E-state index contributed by atoms with van der Waals surface area (Å²) >= 11 is 0. The summed E-state index contributed by atoms with van der Waals surface area (Å²) in [6.07, 6.45) is 0. The molecule has 13 heavy (non-hydrogen) atoms. The van der Waals surface area contributed by atoms with Gasteiger partial charge in [-0.15, -0.1) is 0 Å². The minimum absolute atomic E-state index is 0.834. The van der Waals surface area contributed by atoms with Gasteiger partial charge in [0.15, 0.2) is 0 Å². The molecule has 2 heteroatoms. The second-order valence-electron chi connectivity index (χ2n) is 2.82. The van der Waals surface area contributed by atoms with E-state index in [0.717, 1.165) is 5.75 Å². The Kier molecular flexibility index (Phi) is 2.15. The predicted octanol–water partition coefficient (Wildman–Crippen LogP) is 2.35. The van der Waals surface area contributed by atoms with Crippen LogP contribution in [0.4, 0.5) is 0 Å². The van der Waals surface area contributed by atoms with Gasteiger partial charge in [-0.1, -0.05) is 30.3 Å². The van der Waals surface area contributed by atoms with E-state index in [1.54, 1.807) is 7.05 Å². The fraction of sp³-hybridized carbons (Fsp3) is 0.0909. The number of hydrogen-bond donors (Lipinski definition) is 1. The van der Waals surface area contributed by atoms with Gasteiger partial charge in [-0.3, -0.25) is 0 Å². The monoisotopic (exact) mass is 173 g/mol. The summed E-state index contributed by atoms with van der Waals surface area (Å²) < 4.78 is 0. The van der Waals surface area contributed by atoms with Crippen LogP contribution in [0.3, 0.4) is 0 Å². The van der Waals surface area contributed by atoms with Crippen LogP contribution >= 0.6 is 0 Å². The van der Waals surface area contributed by atoms with Gasteiger partial charge in [-0.05, 0) is 22.9 Å². The third kappa shape index (κ3) is 1.63. The SMILES string of the molecule is CNOc1ccc2ccccc2c1. The Morgan fingerprint density at radius 1 is 1.00 bits per heavy atom. The fourth-order valence-electron chi connectivity index (χ4n) is 1.35. The van der Waals surface area contributed by atoms with Crippen LogP contribution in [0.1, 0.15) is 0 Å². The molecule has 0 aliphatic rings. The number of rotatable bonds is 2. The van der Waals surface area contributed by atoms with E-state index in [9.17, 15) is 0 Å². The first-order chi connectivity index (χ1) is 6.40. The lowest BCUT2D eigenvalue weighted by atomic mass is 10.1. The highest BCUT2D eigenvalue weighted by molar-refractivity contribution is 5.83. The maximum atomic E-state index is 5.16. The fourth-order valence-corrected chi connectivity index (χ4v) is 1.35. The minimum Gasteiger partial charge on any atom is -0.409 e. The Hall–Kier alpha value is -1.54. The molecule has 0 saturated heterocycles. The third-order valence-electron chi connectivity index (χ3n) is 1.94. The van der Waals surface area contributed by atoms with Crippen LogP contribution in [-0.4, -0.2) is 7.05 Å². The summed E-state index contributed by atoms with van der Waals surface area (Å²) in [6, 6.07) is 14.2. The van der Waals surface area contributed by atoms with Crippen LogP contribution in [0, 0.1) is 0 Å². The number of benzene rings is 2. The molecule has 0 amide bonds. The highest BCUT2D eigenvalue weighted by Gasteiger charge is 1.94. The first-order valence-corrected chi connectivity index (χ1v) is 4.22. The van der Waals surface area contributed by atoms with E-state index in [2.05, 4.69) is 17.6 Å². The molecule has 0 aromatic heterocycles. The summed E-state index contributed by atoms with van der Waals surface area (Å²) in [5, 5.41) is 2.42.